The number of benzene rings is 1. The lowest BCUT2D eigenvalue weighted by atomic mass is 10.1. The predicted molar refractivity (Wildman–Crippen MR) is 59.4 cm³/mol. The van der Waals surface area contributed by atoms with Gasteiger partial charge in [0.2, 0.25) is 0 Å². The lowest BCUT2D eigenvalue weighted by Gasteiger charge is -2.10. The summed E-state index contributed by atoms with van der Waals surface area (Å²) in [4.78, 5) is 3.80. The SMILES string of the molecule is C=CC(C)=Nc1ccc(Cl)cc1C(F)(F)F. The summed E-state index contributed by atoms with van der Waals surface area (Å²) in [6.45, 7) is 5.00. The Hall–Kier alpha value is -1.29. The number of rotatable bonds is 2. The number of hydrogen-bond donors (Lipinski definition) is 0. The van der Waals surface area contributed by atoms with Gasteiger partial charge in [-0.15, -0.1) is 0 Å². The summed E-state index contributed by atoms with van der Waals surface area (Å²) >= 11 is 5.52. The van der Waals surface area contributed by atoms with Gasteiger partial charge in [-0.1, -0.05) is 18.2 Å². The molecule has 0 heterocycles. The Kier molecular flexibility index (Phi) is 3.75. The molecule has 0 aliphatic rings. The van der Waals surface area contributed by atoms with E-state index in [9.17, 15) is 13.2 Å². The van der Waals surface area contributed by atoms with Crippen molar-refractivity contribution in [3.05, 3.63) is 41.4 Å². The molecule has 0 bridgehead atoms. The van der Waals surface area contributed by atoms with Crippen molar-refractivity contribution in [1.82, 2.24) is 0 Å². The Bertz CT molecular complexity index is 435. The van der Waals surface area contributed by atoms with E-state index in [-0.39, 0.29) is 10.7 Å². The van der Waals surface area contributed by atoms with Gasteiger partial charge in [-0.3, -0.25) is 4.99 Å². The van der Waals surface area contributed by atoms with Crippen LogP contribution in [0.1, 0.15) is 12.5 Å². The van der Waals surface area contributed by atoms with E-state index in [4.69, 9.17) is 11.6 Å². The predicted octanol–water partition coefficient (Wildman–Crippen LogP) is 4.64. The van der Waals surface area contributed by atoms with Crippen molar-refractivity contribution in [3.8, 4) is 0 Å². The number of alkyl halides is 3. The smallest absolute Gasteiger partial charge is 0.253 e. The molecule has 1 aromatic rings. The van der Waals surface area contributed by atoms with Gasteiger partial charge in [0.15, 0.2) is 0 Å². The van der Waals surface area contributed by atoms with Crippen LogP contribution in [0.15, 0.2) is 35.8 Å². The molecule has 0 spiro atoms. The summed E-state index contributed by atoms with van der Waals surface area (Å²) in [6.07, 6.45) is -3.08. The molecule has 0 unspecified atom stereocenters. The molecule has 0 aromatic heterocycles. The minimum atomic E-state index is -4.47. The quantitative estimate of drug-likeness (QED) is 0.675. The zero-order chi connectivity index (χ0) is 12.3. The number of halogens is 4. The van der Waals surface area contributed by atoms with Gasteiger partial charge < -0.3 is 0 Å². The summed E-state index contributed by atoms with van der Waals surface area (Å²) in [6, 6.07) is 3.46. The van der Waals surface area contributed by atoms with Gasteiger partial charge in [0.25, 0.3) is 0 Å². The van der Waals surface area contributed by atoms with Gasteiger partial charge in [-0.05, 0) is 31.2 Å². The molecule has 0 N–H and O–H groups in total. The molecule has 0 radical (unpaired) electrons. The summed E-state index contributed by atoms with van der Waals surface area (Å²) in [5, 5.41) is 0.0301. The van der Waals surface area contributed by atoms with Crippen molar-refractivity contribution in [3.63, 3.8) is 0 Å². The first-order chi connectivity index (χ1) is 7.34. The van der Waals surface area contributed by atoms with Crippen LogP contribution in [0.5, 0.6) is 0 Å². The summed E-state index contributed by atoms with van der Waals surface area (Å²) in [5.74, 6) is 0. The van der Waals surface area contributed by atoms with Crippen LogP contribution in [-0.4, -0.2) is 5.71 Å². The van der Waals surface area contributed by atoms with E-state index in [1.807, 2.05) is 0 Å². The van der Waals surface area contributed by atoms with Crippen molar-refractivity contribution in [2.24, 2.45) is 4.99 Å². The Morgan fingerprint density at radius 3 is 2.56 bits per heavy atom. The minimum absolute atomic E-state index is 0.0301. The van der Waals surface area contributed by atoms with E-state index in [1.165, 1.54) is 18.2 Å². The molecule has 0 aliphatic carbocycles. The summed E-state index contributed by atoms with van der Waals surface area (Å²) < 4.78 is 37.9. The highest BCUT2D eigenvalue weighted by atomic mass is 35.5. The van der Waals surface area contributed by atoms with Crippen molar-refractivity contribution < 1.29 is 13.2 Å². The third-order valence-corrected chi connectivity index (χ3v) is 2.09. The fraction of sp³-hybridized carbons (Fsp3) is 0.182. The van der Waals surface area contributed by atoms with Gasteiger partial charge in [0, 0.05) is 10.7 Å². The van der Waals surface area contributed by atoms with Crippen LogP contribution < -0.4 is 0 Å². The first-order valence-corrected chi connectivity index (χ1v) is 4.77. The molecule has 0 atom stereocenters. The Morgan fingerprint density at radius 1 is 1.44 bits per heavy atom. The molecule has 16 heavy (non-hydrogen) atoms. The van der Waals surface area contributed by atoms with Crippen LogP contribution in [0.2, 0.25) is 5.02 Å². The lowest BCUT2D eigenvalue weighted by molar-refractivity contribution is -0.137. The third-order valence-electron chi connectivity index (χ3n) is 1.86. The normalized spacial score (nSPS) is 12.7. The molecule has 1 aromatic carbocycles. The van der Waals surface area contributed by atoms with Crippen molar-refractivity contribution in [1.29, 1.82) is 0 Å². The molecule has 0 saturated carbocycles. The maximum Gasteiger partial charge on any atom is 0.418 e. The monoisotopic (exact) mass is 247 g/mol. The standard InChI is InChI=1S/C11H9ClF3N/c1-3-7(2)16-10-5-4-8(12)6-9(10)11(13,14)15/h3-6H,1H2,2H3. The molecule has 0 aliphatic heterocycles. The van der Waals surface area contributed by atoms with Gasteiger partial charge in [-0.25, -0.2) is 0 Å². The van der Waals surface area contributed by atoms with E-state index < -0.39 is 11.7 Å². The van der Waals surface area contributed by atoms with Gasteiger partial charge in [-0.2, -0.15) is 13.2 Å². The van der Waals surface area contributed by atoms with Crippen LogP contribution >= 0.6 is 11.6 Å². The van der Waals surface area contributed by atoms with Crippen LogP contribution in [0.3, 0.4) is 0 Å². The topological polar surface area (TPSA) is 12.4 Å². The van der Waals surface area contributed by atoms with E-state index >= 15 is 0 Å². The summed E-state index contributed by atoms with van der Waals surface area (Å²) in [7, 11) is 0. The van der Waals surface area contributed by atoms with E-state index in [0.29, 0.717) is 5.71 Å². The second-order valence-corrected chi connectivity index (χ2v) is 3.55. The first-order valence-electron chi connectivity index (χ1n) is 4.39. The third kappa shape index (κ3) is 3.10. The zero-order valence-electron chi connectivity index (χ0n) is 8.48. The molecule has 0 saturated heterocycles. The minimum Gasteiger partial charge on any atom is -0.253 e. The average Bonchev–Trinajstić information content (AvgIpc) is 2.19. The number of hydrogen-bond acceptors (Lipinski definition) is 1. The van der Waals surface area contributed by atoms with Crippen LogP contribution in [0.25, 0.3) is 0 Å². The van der Waals surface area contributed by atoms with Crippen LogP contribution in [0.4, 0.5) is 18.9 Å². The van der Waals surface area contributed by atoms with Gasteiger partial charge in [0.1, 0.15) is 0 Å². The molecule has 1 rings (SSSR count). The highest BCUT2D eigenvalue weighted by molar-refractivity contribution is 6.30. The van der Waals surface area contributed by atoms with Gasteiger partial charge >= 0.3 is 6.18 Å². The molecule has 0 amide bonds. The Balaban J connectivity index is 3.34. The van der Waals surface area contributed by atoms with Crippen molar-refractivity contribution >= 4 is 23.0 Å². The van der Waals surface area contributed by atoms with Crippen molar-refractivity contribution in [2.75, 3.05) is 0 Å². The maximum absolute atomic E-state index is 12.6. The Morgan fingerprint density at radius 2 is 2.06 bits per heavy atom. The van der Waals surface area contributed by atoms with Crippen LogP contribution in [-0.2, 0) is 6.18 Å². The fourth-order valence-corrected chi connectivity index (χ4v) is 1.24. The number of aliphatic imine (C=N–C) groups is 1. The number of allylic oxidation sites excluding steroid dienone is 1. The maximum atomic E-state index is 12.6. The van der Waals surface area contributed by atoms with Crippen molar-refractivity contribution in [2.45, 2.75) is 13.1 Å². The molecular formula is C11H9ClF3N. The average molecular weight is 248 g/mol. The Labute approximate surface area is 96.3 Å². The molecular weight excluding hydrogens is 239 g/mol. The van der Waals surface area contributed by atoms with Crippen LogP contribution in [0, 0.1) is 0 Å². The molecule has 86 valence electrons. The van der Waals surface area contributed by atoms with Gasteiger partial charge in [0.05, 0.1) is 11.3 Å². The summed E-state index contributed by atoms with van der Waals surface area (Å²) in [5.41, 5.74) is -0.594. The number of nitrogens with zero attached hydrogens (tertiary/aromatic N) is 1. The molecule has 5 heteroatoms. The highest BCUT2D eigenvalue weighted by Gasteiger charge is 2.33. The lowest BCUT2D eigenvalue weighted by Crippen LogP contribution is -2.05. The fourth-order valence-electron chi connectivity index (χ4n) is 1.07. The van der Waals surface area contributed by atoms with E-state index in [0.717, 1.165) is 6.07 Å². The second-order valence-electron chi connectivity index (χ2n) is 3.12. The highest BCUT2D eigenvalue weighted by Crippen LogP contribution is 2.37. The second kappa shape index (κ2) is 4.70. The molecule has 0 fully saturated rings. The zero-order valence-corrected chi connectivity index (χ0v) is 9.23. The molecule has 1 nitrogen and oxygen atoms in total. The largest absolute Gasteiger partial charge is 0.418 e. The van der Waals surface area contributed by atoms with E-state index in [1.54, 1.807) is 6.92 Å². The first kappa shape index (κ1) is 12.8. The van der Waals surface area contributed by atoms with E-state index in [2.05, 4.69) is 11.6 Å².